The van der Waals surface area contributed by atoms with E-state index in [1.807, 2.05) is 53.1 Å². The molecule has 4 heteroatoms. The van der Waals surface area contributed by atoms with E-state index in [0.29, 0.717) is 11.8 Å². The first-order valence-corrected chi connectivity index (χ1v) is 9.02. The lowest BCUT2D eigenvalue weighted by molar-refractivity contribution is 0.210. The average molecular weight is 381 g/mol. The third-order valence-corrected chi connectivity index (χ3v) is 5.07. The highest BCUT2D eigenvalue weighted by Crippen LogP contribution is 2.29. The summed E-state index contributed by atoms with van der Waals surface area (Å²) in [5.41, 5.74) is 2.63. The van der Waals surface area contributed by atoms with Crippen LogP contribution in [0.3, 0.4) is 0 Å². The van der Waals surface area contributed by atoms with Crippen molar-refractivity contribution in [1.29, 1.82) is 5.26 Å². The first-order chi connectivity index (χ1) is 11.7. The van der Waals surface area contributed by atoms with Crippen molar-refractivity contribution in [3.05, 3.63) is 58.7 Å². The molecule has 1 saturated carbocycles. The fourth-order valence-corrected chi connectivity index (χ4v) is 3.80. The molecule has 0 N–H and O–H groups in total. The van der Waals surface area contributed by atoms with Gasteiger partial charge in [-0.2, -0.15) is 5.26 Å². The number of fused-ring (bicyclic) bond motifs is 1. The number of benzene rings is 2. The molecular formula is C20H17BrN2O. The van der Waals surface area contributed by atoms with Gasteiger partial charge < -0.3 is 9.30 Å². The molecule has 3 aromatic rings. The lowest BCUT2D eigenvalue weighted by Gasteiger charge is -2.14. The Kier molecular flexibility index (Phi) is 4.03. The summed E-state index contributed by atoms with van der Waals surface area (Å²) in [5, 5.41) is 10.5. The SMILES string of the molecule is N#Cc1cc2cc(Br)ccc2n1-c1ccc(OC2CCCC2)cc1. The number of aromatic nitrogens is 1. The van der Waals surface area contributed by atoms with E-state index in [9.17, 15) is 5.26 Å². The lowest BCUT2D eigenvalue weighted by atomic mass is 10.2. The van der Waals surface area contributed by atoms with Crippen LogP contribution in [-0.4, -0.2) is 10.7 Å². The van der Waals surface area contributed by atoms with E-state index in [1.54, 1.807) is 0 Å². The smallest absolute Gasteiger partial charge is 0.125 e. The summed E-state index contributed by atoms with van der Waals surface area (Å²) < 4.78 is 9.03. The van der Waals surface area contributed by atoms with Gasteiger partial charge in [-0.05, 0) is 74.2 Å². The molecule has 4 rings (SSSR count). The van der Waals surface area contributed by atoms with Gasteiger partial charge in [0.1, 0.15) is 17.5 Å². The fraction of sp³-hybridized carbons (Fsp3) is 0.250. The molecule has 1 aliphatic carbocycles. The van der Waals surface area contributed by atoms with Crippen LogP contribution in [0.5, 0.6) is 5.75 Å². The number of hydrogen-bond donors (Lipinski definition) is 0. The molecule has 0 spiro atoms. The monoisotopic (exact) mass is 380 g/mol. The van der Waals surface area contributed by atoms with Crippen molar-refractivity contribution < 1.29 is 4.74 Å². The summed E-state index contributed by atoms with van der Waals surface area (Å²) in [6, 6.07) is 18.3. The minimum atomic E-state index is 0.357. The van der Waals surface area contributed by atoms with E-state index in [1.165, 1.54) is 12.8 Å². The Hall–Kier alpha value is -2.25. The number of ether oxygens (including phenoxy) is 1. The van der Waals surface area contributed by atoms with Crippen molar-refractivity contribution in [3.8, 4) is 17.5 Å². The molecule has 1 fully saturated rings. The maximum Gasteiger partial charge on any atom is 0.125 e. The summed E-state index contributed by atoms with van der Waals surface area (Å²) in [5.74, 6) is 0.906. The molecular weight excluding hydrogens is 364 g/mol. The maximum absolute atomic E-state index is 9.49. The molecule has 0 radical (unpaired) electrons. The third kappa shape index (κ3) is 2.81. The van der Waals surface area contributed by atoms with Crippen LogP contribution in [0.25, 0.3) is 16.6 Å². The molecule has 24 heavy (non-hydrogen) atoms. The van der Waals surface area contributed by atoms with Crippen molar-refractivity contribution in [2.75, 3.05) is 0 Å². The Morgan fingerprint density at radius 1 is 1.04 bits per heavy atom. The van der Waals surface area contributed by atoms with Crippen LogP contribution in [0.2, 0.25) is 0 Å². The minimum absolute atomic E-state index is 0.357. The molecule has 0 aliphatic heterocycles. The van der Waals surface area contributed by atoms with Crippen molar-refractivity contribution in [1.82, 2.24) is 4.57 Å². The zero-order chi connectivity index (χ0) is 16.5. The quantitative estimate of drug-likeness (QED) is 0.594. The zero-order valence-corrected chi connectivity index (χ0v) is 14.8. The van der Waals surface area contributed by atoms with Gasteiger partial charge in [-0.25, -0.2) is 0 Å². The van der Waals surface area contributed by atoms with Gasteiger partial charge >= 0.3 is 0 Å². The highest BCUT2D eigenvalue weighted by atomic mass is 79.9. The normalized spacial score (nSPS) is 14.8. The second-order valence-corrected chi connectivity index (χ2v) is 7.11. The Morgan fingerprint density at radius 3 is 2.50 bits per heavy atom. The van der Waals surface area contributed by atoms with E-state index in [4.69, 9.17) is 4.74 Å². The largest absolute Gasteiger partial charge is 0.490 e. The van der Waals surface area contributed by atoms with Gasteiger partial charge in [-0.3, -0.25) is 0 Å². The van der Waals surface area contributed by atoms with Crippen LogP contribution in [0, 0.1) is 11.3 Å². The van der Waals surface area contributed by atoms with E-state index < -0.39 is 0 Å². The molecule has 120 valence electrons. The van der Waals surface area contributed by atoms with E-state index in [-0.39, 0.29) is 0 Å². The molecule has 0 unspecified atom stereocenters. The first kappa shape index (κ1) is 15.3. The van der Waals surface area contributed by atoms with Gasteiger partial charge in [0, 0.05) is 15.5 Å². The average Bonchev–Trinajstić information content (AvgIpc) is 3.22. The second-order valence-electron chi connectivity index (χ2n) is 6.20. The van der Waals surface area contributed by atoms with Gasteiger partial charge in [-0.15, -0.1) is 0 Å². The molecule has 0 saturated heterocycles. The van der Waals surface area contributed by atoms with Gasteiger partial charge in [0.2, 0.25) is 0 Å². The van der Waals surface area contributed by atoms with Crippen LogP contribution in [0.1, 0.15) is 31.4 Å². The first-order valence-electron chi connectivity index (χ1n) is 8.23. The van der Waals surface area contributed by atoms with Crippen LogP contribution in [-0.2, 0) is 0 Å². The predicted molar refractivity (Wildman–Crippen MR) is 98.6 cm³/mol. The van der Waals surface area contributed by atoms with Gasteiger partial charge in [-0.1, -0.05) is 15.9 Å². The van der Waals surface area contributed by atoms with Crippen molar-refractivity contribution >= 4 is 26.8 Å². The summed E-state index contributed by atoms with van der Waals surface area (Å²) in [4.78, 5) is 0. The molecule has 0 amide bonds. The van der Waals surface area contributed by atoms with Crippen molar-refractivity contribution in [3.63, 3.8) is 0 Å². The number of hydrogen-bond acceptors (Lipinski definition) is 2. The zero-order valence-electron chi connectivity index (χ0n) is 13.2. The Labute approximate surface area is 149 Å². The van der Waals surface area contributed by atoms with E-state index in [0.717, 1.165) is 39.7 Å². The Morgan fingerprint density at radius 2 is 1.79 bits per heavy atom. The Bertz CT molecular complexity index is 915. The maximum atomic E-state index is 9.49. The molecule has 0 atom stereocenters. The van der Waals surface area contributed by atoms with Gasteiger partial charge in [0.05, 0.1) is 11.6 Å². The van der Waals surface area contributed by atoms with Gasteiger partial charge in [0.25, 0.3) is 0 Å². The summed E-state index contributed by atoms with van der Waals surface area (Å²) in [6.07, 6.45) is 5.18. The summed E-state index contributed by atoms with van der Waals surface area (Å²) >= 11 is 3.49. The molecule has 1 aliphatic rings. The molecule has 3 nitrogen and oxygen atoms in total. The summed E-state index contributed by atoms with van der Waals surface area (Å²) in [6.45, 7) is 0. The van der Waals surface area contributed by atoms with Crippen molar-refractivity contribution in [2.45, 2.75) is 31.8 Å². The molecule has 1 heterocycles. The molecule has 2 aromatic carbocycles. The molecule has 1 aromatic heterocycles. The number of rotatable bonds is 3. The van der Waals surface area contributed by atoms with Gasteiger partial charge in [0.15, 0.2) is 0 Å². The summed E-state index contributed by atoms with van der Waals surface area (Å²) in [7, 11) is 0. The number of nitrogens with zero attached hydrogens (tertiary/aromatic N) is 2. The van der Waals surface area contributed by atoms with Crippen LogP contribution in [0.15, 0.2) is 53.0 Å². The topological polar surface area (TPSA) is 38.0 Å². The lowest BCUT2D eigenvalue weighted by Crippen LogP contribution is -2.10. The minimum Gasteiger partial charge on any atom is -0.490 e. The number of halogens is 1. The highest BCUT2D eigenvalue weighted by molar-refractivity contribution is 9.10. The van der Waals surface area contributed by atoms with E-state index in [2.05, 4.69) is 22.0 Å². The molecule has 0 bridgehead atoms. The third-order valence-electron chi connectivity index (χ3n) is 4.58. The predicted octanol–water partition coefficient (Wildman–Crippen LogP) is 5.59. The van der Waals surface area contributed by atoms with E-state index >= 15 is 0 Å². The fourth-order valence-electron chi connectivity index (χ4n) is 3.42. The van der Waals surface area contributed by atoms with Crippen molar-refractivity contribution in [2.24, 2.45) is 0 Å². The standard InChI is InChI=1S/C20H17BrN2O/c21-15-5-10-20-14(11-15)12-17(13-22)23(20)16-6-8-19(9-7-16)24-18-3-1-2-4-18/h5-12,18H,1-4H2. The van der Waals surface area contributed by atoms with Crippen LogP contribution in [0.4, 0.5) is 0 Å². The number of nitriles is 1. The van der Waals surface area contributed by atoms with Crippen LogP contribution < -0.4 is 4.74 Å². The highest BCUT2D eigenvalue weighted by Gasteiger charge is 2.16. The van der Waals surface area contributed by atoms with Crippen LogP contribution >= 0.6 is 15.9 Å². The second kappa shape index (κ2) is 6.33. The Balaban J connectivity index is 1.70.